The van der Waals surface area contributed by atoms with Crippen molar-refractivity contribution in [2.45, 2.75) is 32.2 Å². The zero-order valence-corrected chi connectivity index (χ0v) is 12.1. The number of carbonyl (C=O) groups excluding carboxylic acids is 1. The number of nitrogens with zero attached hydrogens (tertiary/aromatic N) is 2. The van der Waals surface area contributed by atoms with Gasteiger partial charge in [0.2, 0.25) is 0 Å². The molecule has 3 heterocycles. The molecule has 116 valence electrons. The number of amides is 1. The second-order valence-electron chi connectivity index (χ2n) is 5.16. The molecule has 1 atom stereocenters. The first-order valence-corrected chi connectivity index (χ1v) is 7.16. The van der Waals surface area contributed by atoms with E-state index in [1.165, 1.54) is 17.4 Å². The summed E-state index contributed by atoms with van der Waals surface area (Å²) in [7, 11) is 0. The number of aryl methyl sites for hydroxylation is 1. The van der Waals surface area contributed by atoms with Gasteiger partial charge in [-0.2, -0.15) is 0 Å². The molecule has 1 amide bonds. The lowest BCUT2D eigenvalue weighted by atomic mass is 9.99. The third kappa shape index (κ3) is 2.38. The highest BCUT2D eigenvalue weighted by atomic mass is 16.4. The van der Waals surface area contributed by atoms with Crippen LogP contribution in [0.5, 0.6) is 0 Å². The molecule has 2 aromatic heterocycles. The van der Waals surface area contributed by atoms with Gasteiger partial charge in [-0.3, -0.25) is 4.79 Å². The number of furan rings is 1. The average molecular weight is 304 g/mol. The minimum absolute atomic E-state index is 0.140. The largest absolute Gasteiger partial charge is 0.479 e. The van der Waals surface area contributed by atoms with Crippen LogP contribution in [0.2, 0.25) is 0 Å². The van der Waals surface area contributed by atoms with Crippen LogP contribution in [0.1, 0.15) is 47.1 Å². The number of aliphatic carboxylic acids is 1. The van der Waals surface area contributed by atoms with Crippen LogP contribution >= 0.6 is 0 Å². The van der Waals surface area contributed by atoms with Crippen LogP contribution in [0.4, 0.5) is 0 Å². The molecule has 3 rings (SSSR count). The van der Waals surface area contributed by atoms with Gasteiger partial charge >= 0.3 is 5.97 Å². The summed E-state index contributed by atoms with van der Waals surface area (Å²) in [5.74, 6) is -0.430. The van der Waals surface area contributed by atoms with Gasteiger partial charge in [-0.25, -0.2) is 9.78 Å². The molecule has 0 saturated heterocycles. The summed E-state index contributed by atoms with van der Waals surface area (Å²) in [6.45, 7) is 2.25. The summed E-state index contributed by atoms with van der Waals surface area (Å²) >= 11 is 0. The van der Waals surface area contributed by atoms with Gasteiger partial charge < -0.3 is 18.8 Å². The molecule has 7 heteroatoms. The summed E-state index contributed by atoms with van der Waals surface area (Å²) in [6, 6.07) is 0.542. The van der Waals surface area contributed by atoms with Crippen LogP contribution in [0.15, 0.2) is 27.4 Å². The summed E-state index contributed by atoms with van der Waals surface area (Å²) in [5, 5.41) is 9.48. The Kier molecular flexibility index (Phi) is 3.70. The fourth-order valence-electron chi connectivity index (χ4n) is 2.69. The molecule has 1 unspecified atom stereocenters. The Morgan fingerprint density at radius 3 is 3.00 bits per heavy atom. The Labute approximate surface area is 126 Å². The first-order chi connectivity index (χ1) is 10.6. The molecule has 0 radical (unpaired) electrons. The topological polar surface area (TPSA) is 96.8 Å². The molecule has 7 nitrogen and oxygen atoms in total. The number of carboxylic acid groups (broad SMARTS) is 1. The van der Waals surface area contributed by atoms with Crippen LogP contribution in [-0.4, -0.2) is 33.4 Å². The van der Waals surface area contributed by atoms with Gasteiger partial charge in [0, 0.05) is 24.9 Å². The third-order valence-electron chi connectivity index (χ3n) is 3.70. The van der Waals surface area contributed by atoms with Crippen LogP contribution in [0.25, 0.3) is 0 Å². The standard InChI is InChI=1S/C15H16N2O5/c1-2-3-12-16-10(8-22-12)14(18)17-6-4-11-9(5-7-21-11)13(17)15(19)20/h5,7-8,13H,2-4,6H2,1H3,(H,19,20). The number of hydrogen-bond acceptors (Lipinski definition) is 5. The number of fused-ring (bicyclic) bond motifs is 1. The van der Waals surface area contributed by atoms with Crippen molar-refractivity contribution in [3.8, 4) is 0 Å². The summed E-state index contributed by atoms with van der Waals surface area (Å²) < 4.78 is 10.5. The molecule has 1 aliphatic rings. The molecular weight excluding hydrogens is 288 g/mol. The smallest absolute Gasteiger partial charge is 0.331 e. The van der Waals surface area contributed by atoms with Crippen LogP contribution in [-0.2, 0) is 17.6 Å². The molecular formula is C15H16N2O5. The number of aromatic nitrogens is 1. The van der Waals surface area contributed by atoms with E-state index in [2.05, 4.69) is 4.98 Å². The molecule has 0 spiro atoms. The molecule has 1 aliphatic heterocycles. The molecule has 1 N–H and O–H groups in total. The zero-order valence-electron chi connectivity index (χ0n) is 12.1. The fourth-order valence-corrected chi connectivity index (χ4v) is 2.69. The fraction of sp³-hybridized carbons (Fsp3) is 0.400. The minimum Gasteiger partial charge on any atom is -0.479 e. The first-order valence-electron chi connectivity index (χ1n) is 7.16. The number of hydrogen-bond donors (Lipinski definition) is 1. The Hall–Kier alpha value is -2.57. The van der Waals surface area contributed by atoms with E-state index in [1.807, 2.05) is 6.92 Å². The Balaban J connectivity index is 1.89. The van der Waals surface area contributed by atoms with E-state index in [0.29, 0.717) is 30.1 Å². The molecule has 22 heavy (non-hydrogen) atoms. The van der Waals surface area contributed by atoms with Crippen molar-refractivity contribution in [1.29, 1.82) is 0 Å². The predicted molar refractivity (Wildman–Crippen MR) is 74.3 cm³/mol. The average Bonchev–Trinajstić information content (AvgIpc) is 3.14. The summed E-state index contributed by atoms with van der Waals surface area (Å²) in [4.78, 5) is 29.6. The SMILES string of the molecule is CCCc1nc(C(=O)N2CCc3occc3C2C(=O)O)co1. The molecule has 0 bridgehead atoms. The van der Waals surface area contributed by atoms with E-state index in [1.54, 1.807) is 6.07 Å². The lowest BCUT2D eigenvalue weighted by Gasteiger charge is -2.31. The maximum absolute atomic E-state index is 12.6. The van der Waals surface area contributed by atoms with E-state index in [-0.39, 0.29) is 12.2 Å². The Morgan fingerprint density at radius 1 is 1.45 bits per heavy atom. The Bertz CT molecular complexity index is 702. The molecule has 0 saturated carbocycles. The monoisotopic (exact) mass is 304 g/mol. The van der Waals surface area contributed by atoms with Gasteiger partial charge in [-0.05, 0) is 12.5 Å². The van der Waals surface area contributed by atoms with Gasteiger partial charge in [0.15, 0.2) is 17.6 Å². The van der Waals surface area contributed by atoms with Crippen molar-refractivity contribution < 1.29 is 23.5 Å². The van der Waals surface area contributed by atoms with Crippen molar-refractivity contribution in [2.24, 2.45) is 0 Å². The minimum atomic E-state index is -1.09. The van der Waals surface area contributed by atoms with Crippen molar-refractivity contribution in [2.75, 3.05) is 6.54 Å². The lowest BCUT2D eigenvalue weighted by Crippen LogP contribution is -2.43. The second kappa shape index (κ2) is 5.67. The van der Waals surface area contributed by atoms with Gasteiger partial charge in [-0.1, -0.05) is 6.92 Å². The highest BCUT2D eigenvalue weighted by Gasteiger charge is 2.38. The van der Waals surface area contributed by atoms with E-state index >= 15 is 0 Å². The van der Waals surface area contributed by atoms with Crippen molar-refractivity contribution in [3.05, 3.63) is 41.5 Å². The molecule has 0 aromatic carbocycles. The second-order valence-corrected chi connectivity index (χ2v) is 5.16. The number of carboxylic acids is 1. The third-order valence-corrected chi connectivity index (χ3v) is 3.70. The molecule has 0 fully saturated rings. The van der Waals surface area contributed by atoms with E-state index < -0.39 is 17.9 Å². The van der Waals surface area contributed by atoms with E-state index in [9.17, 15) is 14.7 Å². The maximum Gasteiger partial charge on any atom is 0.331 e. The van der Waals surface area contributed by atoms with Gasteiger partial charge in [0.05, 0.1) is 6.26 Å². The normalized spacial score (nSPS) is 17.3. The van der Waals surface area contributed by atoms with Gasteiger partial charge in [0.1, 0.15) is 12.0 Å². The van der Waals surface area contributed by atoms with Crippen LogP contribution in [0, 0.1) is 0 Å². The summed E-state index contributed by atoms with van der Waals surface area (Å²) in [6.07, 6.45) is 4.72. The Morgan fingerprint density at radius 2 is 2.27 bits per heavy atom. The highest BCUT2D eigenvalue weighted by Crippen LogP contribution is 2.31. The van der Waals surface area contributed by atoms with E-state index in [4.69, 9.17) is 8.83 Å². The first kappa shape index (κ1) is 14.4. The van der Waals surface area contributed by atoms with Crippen molar-refractivity contribution in [3.63, 3.8) is 0 Å². The zero-order chi connectivity index (χ0) is 15.7. The van der Waals surface area contributed by atoms with Crippen molar-refractivity contribution in [1.82, 2.24) is 9.88 Å². The number of oxazole rings is 1. The van der Waals surface area contributed by atoms with Crippen LogP contribution < -0.4 is 0 Å². The van der Waals surface area contributed by atoms with Gasteiger partial charge in [-0.15, -0.1) is 0 Å². The number of carbonyl (C=O) groups is 2. The maximum atomic E-state index is 12.6. The highest BCUT2D eigenvalue weighted by molar-refractivity contribution is 5.95. The quantitative estimate of drug-likeness (QED) is 0.928. The van der Waals surface area contributed by atoms with E-state index in [0.717, 1.165) is 6.42 Å². The molecule has 2 aromatic rings. The van der Waals surface area contributed by atoms with Crippen LogP contribution in [0.3, 0.4) is 0 Å². The summed E-state index contributed by atoms with van der Waals surface area (Å²) in [5.41, 5.74) is 0.658. The predicted octanol–water partition coefficient (Wildman–Crippen LogP) is 2.04. The number of rotatable bonds is 4. The van der Waals surface area contributed by atoms with Crippen molar-refractivity contribution >= 4 is 11.9 Å². The van der Waals surface area contributed by atoms with Gasteiger partial charge in [0.25, 0.3) is 5.91 Å². The lowest BCUT2D eigenvalue weighted by molar-refractivity contribution is -0.143. The molecule has 0 aliphatic carbocycles.